The fourth-order valence-corrected chi connectivity index (χ4v) is 4.02. The van der Waals surface area contributed by atoms with Crippen LogP contribution in [0.5, 0.6) is 5.75 Å². The van der Waals surface area contributed by atoms with E-state index in [0.29, 0.717) is 44.1 Å². The third kappa shape index (κ3) is 5.56. The summed E-state index contributed by atoms with van der Waals surface area (Å²) in [5.41, 5.74) is 1.89. The largest absolute Gasteiger partial charge is 0.492 e. The highest BCUT2D eigenvalue weighted by atomic mass is 32.2. The Hall–Kier alpha value is -3.05. The van der Waals surface area contributed by atoms with Crippen molar-refractivity contribution < 1.29 is 17.9 Å². The van der Waals surface area contributed by atoms with E-state index in [1.54, 1.807) is 23.1 Å². The predicted molar refractivity (Wildman–Crippen MR) is 119 cm³/mol. The van der Waals surface area contributed by atoms with E-state index in [2.05, 4.69) is 11.0 Å². The second kappa shape index (κ2) is 9.40. The van der Waals surface area contributed by atoms with Gasteiger partial charge in [-0.05, 0) is 48.4 Å². The Balaban J connectivity index is 1.77. The summed E-state index contributed by atoms with van der Waals surface area (Å²) in [7, 11) is -3.45. The van der Waals surface area contributed by atoms with Crippen molar-refractivity contribution in [1.82, 2.24) is 4.90 Å². The van der Waals surface area contributed by atoms with Gasteiger partial charge in [0.15, 0.2) is 9.84 Å². The Morgan fingerprint density at radius 2 is 1.74 bits per heavy atom. The van der Waals surface area contributed by atoms with Gasteiger partial charge in [-0.15, -0.1) is 0 Å². The SMILES string of the molecule is CC(C)COc1ccc(S(C)(=O)=O)cc1C(=O)N1CCN(c2ccc(C#N)cc2)CC1. The number of hydrogen-bond acceptors (Lipinski definition) is 6. The summed E-state index contributed by atoms with van der Waals surface area (Å²) in [4.78, 5) is 17.3. The molecule has 164 valence electrons. The second-order valence-corrected chi connectivity index (χ2v) is 10.1. The van der Waals surface area contributed by atoms with Gasteiger partial charge in [-0.25, -0.2) is 8.42 Å². The van der Waals surface area contributed by atoms with E-state index in [0.717, 1.165) is 11.9 Å². The van der Waals surface area contributed by atoms with E-state index in [4.69, 9.17) is 10.00 Å². The lowest BCUT2D eigenvalue weighted by Gasteiger charge is -2.36. The molecule has 1 fully saturated rings. The van der Waals surface area contributed by atoms with Crippen molar-refractivity contribution in [2.45, 2.75) is 18.7 Å². The van der Waals surface area contributed by atoms with Gasteiger partial charge in [-0.1, -0.05) is 13.8 Å². The van der Waals surface area contributed by atoms with E-state index in [9.17, 15) is 13.2 Å². The molecule has 0 radical (unpaired) electrons. The van der Waals surface area contributed by atoms with Gasteiger partial charge in [0.05, 0.1) is 28.7 Å². The number of anilines is 1. The van der Waals surface area contributed by atoms with Crippen LogP contribution in [0.25, 0.3) is 0 Å². The smallest absolute Gasteiger partial charge is 0.257 e. The summed E-state index contributed by atoms with van der Waals surface area (Å²) < 4.78 is 29.8. The Kier molecular flexibility index (Phi) is 6.86. The molecule has 3 rings (SSSR count). The number of hydrogen-bond donors (Lipinski definition) is 0. The number of carbonyl (C=O) groups is 1. The van der Waals surface area contributed by atoms with Crippen molar-refractivity contribution >= 4 is 21.4 Å². The van der Waals surface area contributed by atoms with Gasteiger partial charge in [0.2, 0.25) is 0 Å². The van der Waals surface area contributed by atoms with Crippen LogP contribution < -0.4 is 9.64 Å². The van der Waals surface area contributed by atoms with Gasteiger partial charge >= 0.3 is 0 Å². The molecule has 2 aromatic carbocycles. The summed E-state index contributed by atoms with van der Waals surface area (Å²) in [6.45, 7) is 6.75. The van der Waals surface area contributed by atoms with Crippen LogP contribution in [-0.4, -0.2) is 58.3 Å². The summed E-state index contributed by atoms with van der Waals surface area (Å²) in [6.07, 6.45) is 1.13. The molecular formula is C23H27N3O4S. The quantitative estimate of drug-likeness (QED) is 0.685. The first-order chi connectivity index (χ1) is 14.7. The van der Waals surface area contributed by atoms with Gasteiger partial charge in [0, 0.05) is 38.1 Å². The fraction of sp³-hybridized carbons (Fsp3) is 0.391. The normalized spacial score (nSPS) is 14.4. The zero-order valence-electron chi connectivity index (χ0n) is 18.0. The maximum atomic E-state index is 13.3. The van der Waals surface area contributed by atoms with E-state index >= 15 is 0 Å². The number of nitriles is 1. The van der Waals surface area contributed by atoms with Crippen molar-refractivity contribution in [1.29, 1.82) is 5.26 Å². The van der Waals surface area contributed by atoms with E-state index in [-0.39, 0.29) is 22.3 Å². The molecule has 0 saturated carbocycles. The van der Waals surface area contributed by atoms with Crippen LogP contribution in [0.1, 0.15) is 29.8 Å². The third-order valence-corrected chi connectivity index (χ3v) is 6.22. The Bertz CT molecular complexity index is 1080. The lowest BCUT2D eigenvalue weighted by atomic mass is 10.1. The van der Waals surface area contributed by atoms with Crippen molar-refractivity contribution in [2.75, 3.05) is 43.9 Å². The Morgan fingerprint density at radius 1 is 1.10 bits per heavy atom. The summed E-state index contributed by atoms with van der Waals surface area (Å²) in [5.74, 6) is 0.442. The zero-order chi connectivity index (χ0) is 22.6. The van der Waals surface area contributed by atoms with Gasteiger partial charge in [-0.2, -0.15) is 5.26 Å². The minimum atomic E-state index is -3.45. The lowest BCUT2D eigenvalue weighted by Crippen LogP contribution is -2.48. The molecule has 0 bridgehead atoms. The topological polar surface area (TPSA) is 90.7 Å². The maximum Gasteiger partial charge on any atom is 0.257 e. The molecule has 0 N–H and O–H groups in total. The molecular weight excluding hydrogens is 414 g/mol. The summed E-state index contributed by atoms with van der Waals surface area (Å²) in [6, 6.07) is 13.9. The molecule has 0 aromatic heterocycles. The zero-order valence-corrected chi connectivity index (χ0v) is 18.9. The summed E-state index contributed by atoms with van der Waals surface area (Å²) >= 11 is 0. The highest BCUT2D eigenvalue weighted by molar-refractivity contribution is 7.90. The molecule has 2 aromatic rings. The molecule has 7 nitrogen and oxygen atoms in total. The minimum absolute atomic E-state index is 0.101. The average molecular weight is 442 g/mol. The van der Waals surface area contributed by atoms with Gasteiger partial charge < -0.3 is 14.5 Å². The van der Waals surface area contributed by atoms with Gasteiger partial charge in [0.25, 0.3) is 5.91 Å². The first-order valence-corrected chi connectivity index (χ1v) is 12.1. The number of carbonyl (C=O) groups excluding carboxylic acids is 1. The third-order valence-electron chi connectivity index (χ3n) is 5.11. The molecule has 0 unspecified atom stereocenters. The molecule has 1 amide bonds. The average Bonchev–Trinajstić information content (AvgIpc) is 2.76. The minimum Gasteiger partial charge on any atom is -0.492 e. The number of amides is 1. The molecule has 1 aliphatic heterocycles. The van der Waals surface area contributed by atoms with E-state index in [1.807, 2.05) is 26.0 Å². The van der Waals surface area contributed by atoms with Gasteiger partial charge in [-0.3, -0.25) is 4.79 Å². The number of nitrogens with zero attached hydrogens (tertiary/aromatic N) is 3. The van der Waals surface area contributed by atoms with Crippen LogP contribution in [0.2, 0.25) is 0 Å². The summed E-state index contributed by atoms with van der Waals surface area (Å²) in [5, 5.41) is 8.95. The van der Waals surface area contributed by atoms with E-state index in [1.165, 1.54) is 12.1 Å². The van der Waals surface area contributed by atoms with Crippen LogP contribution in [-0.2, 0) is 9.84 Å². The van der Waals surface area contributed by atoms with Gasteiger partial charge in [0.1, 0.15) is 5.75 Å². The maximum absolute atomic E-state index is 13.3. The van der Waals surface area contributed by atoms with Crippen LogP contribution in [0.4, 0.5) is 5.69 Å². The monoisotopic (exact) mass is 441 g/mol. The first kappa shape index (κ1) is 22.6. The lowest BCUT2D eigenvalue weighted by molar-refractivity contribution is 0.0741. The number of ether oxygens (including phenoxy) is 1. The number of rotatable bonds is 6. The van der Waals surface area contributed by atoms with E-state index < -0.39 is 9.84 Å². The van der Waals surface area contributed by atoms with Crippen molar-refractivity contribution in [2.24, 2.45) is 5.92 Å². The highest BCUT2D eigenvalue weighted by Gasteiger charge is 2.26. The molecule has 1 heterocycles. The molecule has 1 aliphatic rings. The van der Waals surface area contributed by atoms with Crippen molar-refractivity contribution in [3.8, 4) is 11.8 Å². The molecule has 0 atom stereocenters. The number of sulfone groups is 1. The van der Waals surface area contributed by atoms with Crippen LogP contribution in [0.15, 0.2) is 47.4 Å². The standard InChI is InChI=1S/C23H27N3O4S/c1-17(2)16-30-22-9-8-20(31(3,28)29)14-21(22)23(27)26-12-10-25(11-13-26)19-6-4-18(15-24)5-7-19/h4-9,14,17H,10-13,16H2,1-3H3. The highest BCUT2D eigenvalue weighted by Crippen LogP contribution is 2.26. The molecule has 0 spiro atoms. The predicted octanol–water partition coefficient (Wildman–Crippen LogP) is 2.96. The molecule has 0 aliphatic carbocycles. The van der Waals surface area contributed by atoms with Crippen LogP contribution in [0, 0.1) is 17.2 Å². The van der Waals surface area contributed by atoms with Crippen molar-refractivity contribution in [3.05, 3.63) is 53.6 Å². The Labute approximate surface area is 183 Å². The fourth-order valence-electron chi connectivity index (χ4n) is 3.37. The molecule has 1 saturated heterocycles. The molecule has 31 heavy (non-hydrogen) atoms. The number of benzene rings is 2. The van der Waals surface area contributed by atoms with Crippen LogP contribution in [0.3, 0.4) is 0 Å². The Morgan fingerprint density at radius 3 is 2.29 bits per heavy atom. The number of piperazine rings is 1. The first-order valence-electron chi connectivity index (χ1n) is 10.2. The van der Waals surface area contributed by atoms with Crippen molar-refractivity contribution in [3.63, 3.8) is 0 Å². The van der Waals surface area contributed by atoms with Crippen LogP contribution >= 0.6 is 0 Å². The second-order valence-electron chi connectivity index (χ2n) is 8.07. The molecule has 8 heteroatoms.